The summed E-state index contributed by atoms with van der Waals surface area (Å²) in [4.78, 5) is 0. The van der Waals surface area contributed by atoms with E-state index in [2.05, 4.69) is 16.1 Å². The van der Waals surface area contributed by atoms with Crippen LogP contribution in [-0.4, -0.2) is 29.9 Å². The number of para-hydroxylation sites is 1. The molecule has 0 heterocycles. The third-order valence-electron chi connectivity index (χ3n) is 5.42. The zero-order valence-electron chi connectivity index (χ0n) is 21.3. The minimum Gasteiger partial charge on any atom is -0.405 e. The Morgan fingerprint density at radius 2 is 1.54 bits per heavy atom. The summed E-state index contributed by atoms with van der Waals surface area (Å²) in [5, 5.41) is 1.39. The maximum Gasteiger partial charge on any atom is 0.573 e. The lowest BCUT2D eigenvalue weighted by atomic mass is 10.3. The number of benzene rings is 2. The van der Waals surface area contributed by atoms with Crippen LogP contribution in [0, 0.1) is 0 Å². The van der Waals surface area contributed by atoms with Gasteiger partial charge in [0.25, 0.3) is 0 Å². The standard InChI is InChI=1S/C28H29F6NO2P2/c1-3-5-20-35(38(21-4-2)25-18-11-7-10-16-23(25)36-27(29,30)31)39(22-14-8-6-9-15-22)26-19-13-12-17-24(26)37-28(32,33)34/h4,6,8-19H,2-3,5,7,20-21H2,1H3. The zero-order chi connectivity index (χ0) is 28.5. The van der Waals surface area contributed by atoms with Gasteiger partial charge in [0.1, 0.15) is 11.5 Å². The van der Waals surface area contributed by atoms with Crippen LogP contribution >= 0.6 is 16.1 Å². The summed E-state index contributed by atoms with van der Waals surface area (Å²) in [6.07, 6.45) is 0.220. The lowest BCUT2D eigenvalue weighted by molar-refractivity contribution is -0.303. The van der Waals surface area contributed by atoms with Gasteiger partial charge < -0.3 is 9.47 Å². The molecule has 0 fully saturated rings. The van der Waals surface area contributed by atoms with Gasteiger partial charge in [-0.15, -0.1) is 32.9 Å². The summed E-state index contributed by atoms with van der Waals surface area (Å²) in [5.74, 6) is -0.666. The smallest absolute Gasteiger partial charge is 0.405 e. The molecule has 2 atom stereocenters. The fourth-order valence-electron chi connectivity index (χ4n) is 3.90. The predicted octanol–water partition coefficient (Wildman–Crippen LogP) is 8.88. The Bertz CT molecular complexity index is 1180. The van der Waals surface area contributed by atoms with E-state index in [0.717, 1.165) is 11.7 Å². The van der Waals surface area contributed by atoms with E-state index in [9.17, 15) is 26.3 Å². The van der Waals surface area contributed by atoms with Crippen LogP contribution < -0.4 is 15.3 Å². The minimum absolute atomic E-state index is 0.297. The predicted molar refractivity (Wildman–Crippen MR) is 146 cm³/mol. The molecule has 0 spiro atoms. The van der Waals surface area contributed by atoms with Crippen LogP contribution in [0.15, 0.2) is 103 Å². The van der Waals surface area contributed by atoms with E-state index in [1.54, 1.807) is 54.6 Å². The highest BCUT2D eigenvalue weighted by molar-refractivity contribution is 7.80. The maximum absolute atomic E-state index is 13.4. The molecule has 0 saturated carbocycles. The Morgan fingerprint density at radius 1 is 0.897 bits per heavy atom. The van der Waals surface area contributed by atoms with Gasteiger partial charge in [0, 0.05) is 39.5 Å². The van der Waals surface area contributed by atoms with Crippen molar-refractivity contribution in [2.45, 2.75) is 38.9 Å². The largest absolute Gasteiger partial charge is 0.573 e. The molecular weight excluding hydrogens is 558 g/mol. The third kappa shape index (κ3) is 9.23. The first-order valence-corrected chi connectivity index (χ1v) is 15.0. The highest BCUT2D eigenvalue weighted by Crippen LogP contribution is 2.62. The molecule has 0 aromatic heterocycles. The first-order valence-electron chi connectivity index (χ1n) is 12.2. The van der Waals surface area contributed by atoms with E-state index in [1.165, 1.54) is 18.2 Å². The summed E-state index contributed by atoms with van der Waals surface area (Å²) >= 11 is 0. The fourth-order valence-corrected chi connectivity index (χ4v) is 9.93. The average molecular weight is 587 g/mol. The molecule has 0 N–H and O–H groups in total. The van der Waals surface area contributed by atoms with Crippen molar-refractivity contribution in [2.24, 2.45) is 0 Å². The molecule has 2 unspecified atom stereocenters. The molecular formula is C28H29F6NO2P2. The molecule has 0 radical (unpaired) electrons. The number of hydrogen-bond acceptors (Lipinski definition) is 3. The summed E-state index contributed by atoms with van der Waals surface area (Å²) < 4.78 is 91.6. The van der Waals surface area contributed by atoms with E-state index < -0.39 is 28.9 Å². The summed E-state index contributed by atoms with van der Waals surface area (Å²) in [5.41, 5.74) is 0. The molecule has 2 aromatic carbocycles. The van der Waals surface area contributed by atoms with Crippen molar-refractivity contribution in [2.75, 3.05) is 12.7 Å². The quantitative estimate of drug-likeness (QED) is 0.141. The molecule has 3 rings (SSSR count). The van der Waals surface area contributed by atoms with Gasteiger partial charge in [0.05, 0.1) is 0 Å². The van der Waals surface area contributed by atoms with Gasteiger partial charge >= 0.3 is 12.7 Å². The molecule has 1 aliphatic rings. The highest BCUT2D eigenvalue weighted by Gasteiger charge is 2.38. The minimum atomic E-state index is -4.92. The normalized spacial score (nSPS) is 15.7. The second-order valence-corrected chi connectivity index (χ2v) is 12.9. The summed E-state index contributed by atoms with van der Waals surface area (Å²) in [6.45, 7) is 6.25. The molecule has 2 aromatic rings. The monoisotopic (exact) mass is 587 g/mol. The van der Waals surface area contributed by atoms with Crippen LogP contribution in [0.3, 0.4) is 0 Å². The lowest BCUT2D eigenvalue weighted by Gasteiger charge is -2.39. The van der Waals surface area contributed by atoms with Crippen LogP contribution in [0.4, 0.5) is 26.3 Å². The first-order chi connectivity index (χ1) is 18.5. The number of halogens is 6. The number of unbranched alkanes of at least 4 members (excludes halogenated alkanes) is 1. The zero-order valence-corrected chi connectivity index (χ0v) is 23.0. The fraction of sp³-hybridized carbons (Fsp3) is 0.286. The van der Waals surface area contributed by atoms with Crippen LogP contribution in [0.25, 0.3) is 0 Å². The number of alkyl halides is 6. The molecule has 1 aliphatic carbocycles. The van der Waals surface area contributed by atoms with E-state index in [-0.39, 0.29) is 11.5 Å². The number of hydrogen-bond donors (Lipinski definition) is 0. The van der Waals surface area contributed by atoms with Crippen molar-refractivity contribution < 1.29 is 35.8 Å². The maximum atomic E-state index is 13.4. The van der Waals surface area contributed by atoms with Gasteiger partial charge in [-0.25, -0.2) is 4.44 Å². The van der Waals surface area contributed by atoms with E-state index in [0.29, 0.717) is 36.2 Å². The van der Waals surface area contributed by atoms with Gasteiger partial charge in [-0.2, -0.15) is 0 Å². The molecule has 0 amide bonds. The lowest BCUT2D eigenvalue weighted by Crippen LogP contribution is -2.30. The second-order valence-electron chi connectivity index (χ2n) is 8.32. The number of allylic oxidation sites excluding steroid dienone is 6. The molecule has 0 saturated heterocycles. The Morgan fingerprint density at radius 3 is 2.18 bits per heavy atom. The van der Waals surface area contributed by atoms with Crippen LogP contribution in [0.2, 0.25) is 0 Å². The Kier molecular flexibility index (Phi) is 11.2. The second kappa shape index (κ2) is 14.2. The van der Waals surface area contributed by atoms with Crippen molar-refractivity contribution >= 4 is 26.8 Å². The van der Waals surface area contributed by atoms with Crippen LogP contribution in [-0.2, 0) is 4.74 Å². The first kappa shape index (κ1) is 30.9. The SMILES string of the molecule is C=CCP(C1=C(OC(F)(F)F)C=CCC=C1)N(CCCC)P(c1ccccc1)c1ccccc1OC(F)(F)F. The van der Waals surface area contributed by atoms with Gasteiger partial charge in [-0.1, -0.05) is 80.1 Å². The summed E-state index contributed by atoms with van der Waals surface area (Å²) in [7, 11) is -3.25. The average Bonchev–Trinajstić information content (AvgIpc) is 3.10. The van der Waals surface area contributed by atoms with Crippen molar-refractivity contribution in [1.82, 2.24) is 4.44 Å². The van der Waals surface area contributed by atoms with Crippen molar-refractivity contribution in [1.29, 1.82) is 0 Å². The molecule has 3 nitrogen and oxygen atoms in total. The van der Waals surface area contributed by atoms with Gasteiger partial charge in [0.2, 0.25) is 0 Å². The van der Waals surface area contributed by atoms with Gasteiger partial charge in [0.15, 0.2) is 0 Å². The van der Waals surface area contributed by atoms with Crippen LogP contribution in [0.5, 0.6) is 5.75 Å². The van der Waals surface area contributed by atoms with Crippen molar-refractivity contribution in [3.05, 3.63) is 103 Å². The van der Waals surface area contributed by atoms with Crippen molar-refractivity contribution in [3.63, 3.8) is 0 Å². The third-order valence-corrected chi connectivity index (χ3v) is 11.2. The molecule has 0 bridgehead atoms. The molecule has 210 valence electrons. The molecule has 39 heavy (non-hydrogen) atoms. The van der Waals surface area contributed by atoms with Crippen LogP contribution in [0.1, 0.15) is 26.2 Å². The number of nitrogens with zero attached hydrogens (tertiary/aromatic N) is 1. The number of rotatable bonds is 12. The van der Waals surface area contributed by atoms with Gasteiger partial charge in [-0.05, 0) is 36.4 Å². The van der Waals surface area contributed by atoms with E-state index in [4.69, 9.17) is 0 Å². The van der Waals surface area contributed by atoms with Crippen molar-refractivity contribution in [3.8, 4) is 5.75 Å². The van der Waals surface area contributed by atoms with E-state index in [1.807, 2.05) is 23.5 Å². The Labute approximate surface area is 227 Å². The Balaban J connectivity index is 2.28. The number of ether oxygens (including phenoxy) is 2. The van der Waals surface area contributed by atoms with Gasteiger partial charge in [-0.3, -0.25) is 0 Å². The molecule has 11 heteroatoms. The Hall–Kier alpha value is -2.60. The topological polar surface area (TPSA) is 21.7 Å². The molecule has 0 aliphatic heterocycles. The van der Waals surface area contributed by atoms with E-state index >= 15 is 0 Å². The highest BCUT2D eigenvalue weighted by atomic mass is 31.2. The summed E-state index contributed by atoms with van der Waals surface area (Å²) in [6, 6.07) is 15.0.